The van der Waals surface area contributed by atoms with Gasteiger partial charge in [0.15, 0.2) is 6.29 Å². The summed E-state index contributed by atoms with van der Waals surface area (Å²) in [7, 11) is -5.17. The summed E-state index contributed by atoms with van der Waals surface area (Å²) in [5.74, 6) is 0. The Kier molecular flexibility index (Phi) is 6.25. The number of alkyl halides is 3. The fraction of sp³-hybridized carbons (Fsp3) is 1.00. The monoisotopic (exact) mass is 216 g/mol. The number of ether oxygens (including phenoxy) is 1. The predicted molar refractivity (Wildman–Crippen MR) is 27.4 cm³/mol. The maximum absolute atomic E-state index is 11.3. The van der Waals surface area contributed by atoms with Gasteiger partial charge in [0.1, 0.15) is 0 Å². The Morgan fingerprint density at radius 1 is 1.38 bits per heavy atom. The predicted octanol–water partition coefficient (Wildman–Crippen LogP) is -2.65. The number of hydrogen-bond donors (Lipinski definition) is 0. The summed E-state index contributed by atoms with van der Waals surface area (Å²) in [6.07, 6.45) is -7.21. The molecule has 0 fully saturated rings. The van der Waals surface area contributed by atoms with Gasteiger partial charge in [-0.05, 0) is 6.92 Å². The Bertz CT molecular complexity index is 236. The average Bonchev–Trinajstić information content (AvgIpc) is 1.49. The molecule has 0 spiro atoms. The van der Waals surface area contributed by atoms with Gasteiger partial charge in [0.25, 0.3) is 0 Å². The molecule has 0 aliphatic rings. The van der Waals surface area contributed by atoms with E-state index in [1.165, 1.54) is 0 Å². The molecule has 0 rings (SSSR count). The fourth-order valence-electron chi connectivity index (χ4n) is 0.374. The van der Waals surface area contributed by atoms with E-state index < -0.39 is 23.1 Å². The van der Waals surface area contributed by atoms with Crippen LogP contribution in [-0.4, -0.2) is 25.6 Å². The van der Waals surface area contributed by atoms with Crippen LogP contribution in [-0.2, 0) is 19.3 Å². The van der Waals surface area contributed by atoms with Gasteiger partial charge in [0.05, 0.1) is 0 Å². The number of hydrogen-bond acceptors (Lipinski definition) is 5. The Labute approximate surface area is 84.3 Å². The summed E-state index contributed by atoms with van der Waals surface area (Å²) in [6.45, 7) is 0.628. The number of rotatable bonds is 3. The van der Waals surface area contributed by atoms with E-state index in [1.807, 2.05) is 0 Å². The molecule has 0 saturated heterocycles. The molecular weight excluding hydrogens is 212 g/mol. The molecule has 0 aromatic heterocycles. The molecule has 0 heterocycles. The molecule has 0 amide bonds. The Morgan fingerprint density at radius 2 is 1.77 bits per heavy atom. The van der Waals surface area contributed by atoms with Crippen molar-refractivity contribution in [1.82, 2.24) is 0 Å². The van der Waals surface area contributed by atoms with Crippen LogP contribution in [0.15, 0.2) is 0 Å². The zero-order chi connectivity index (χ0) is 9.99. The molecule has 0 aromatic carbocycles. The Balaban J connectivity index is 0. The van der Waals surface area contributed by atoms with E-state index in [2.05, 4.69) is 8.92 Å². The van der Waals surface area contributed by atoms with Crippen molar-refractivity contribution < 1.29 is 53.9 Å². The smallest absolute Gasteiger partial charge is 0.725 e. The standard InChI is InChI=1S/C3H5F3O5S.Li/c1-2(10-3(4,5)6)11-12(7,8)9;/h2H,1H3,(H,7,8,9);/q;+1/p-1. The van der Waals surface area contributed by atoms with E-state index in [1.54, 1.807) is 0 Å². The maximum atomic E-state index is 11.3. The van der Waals surface area contributed by atoms with Gasteiger partial charge in [-0.25, -0.2) is 12.6 Å². The fourth-order valence-corrected chi connectivity index (χ4v) is 0.745. The number of halogens is 3. The van der Waals surface area contributed by atoms with Crippen molar-refractivity contribution in [1.29, 1.82) is 0 Å². The second kappa shape index (κ2) is 5.19. The van der Waals surface area contributed by atoms with Gasteiger partial charge in [-0.2, -0.15) is 0 Å². The second-order valence-corrected chi connectivity index (χ2v) is 2.64. The zero-order valence-electron chi connectivity index (χ0n) is 6.66. The van der Waals surface area contributed by atoms with E-state index >= 15 is 0 Å². The third-order valence-electron chi connectivity index (χ3n) is 0.553. The van der Waals surface area contributed by atoms with Crippen LogP contribution in [0.5, 0.6) is 0 Å². The third kappa shape index (κ3) is 12.2. The summed E-state index contributed by atoms with van der Waals surface area (Å²) in [4.78, 5) is 0. The van der Waals surface area contributed by atoms with Crippen molar-refractivity contribution in [3.8, 4) is 0 Å². The van der Waals surface area contributed by atoms with Crippen molar-refractivity contribution in [2.24, 2.45) is 0 Å². The quantitative estimate of drug-likeness (QED) is 0.223. The Morgan fingerprint density at radius 3 is 2.00 bits per heavy atom. The van der Waals surface area contributed by atoms with Gasteiger partial charge in [-0.1, -0.05) is 0 Å². The van der Waals surface area contributed by atoms with Crippen molar-refractivity contribution in [3.05, 3.63) is 0 Å². The molecule has 0 aliphatic heterocycles. The van der Waals surface area contributed by atoms with Crippen molar-refractivity contribution in [3.63, 3.8) is 0 Å². The SMILES string of the molecule is CC(OC(F)(F)F)OS(=O)(=O)[O-].[Li+]. The van der Waals surface area contributed by atoms with E-state index in [-0.39, 0.29) is 18.9 Å². The second-order valence-electron chi connectivity index (χ2n) is 1.64. The molecule has 10 heteroatoms. The molecule has 0 radical (unpaired) electrons. The van der Waals surface area contributed by atoms with Crippen molar-refractivity contribution in [2.45, 2.75) is 19.6 Å². The van der Waals surface area contributed by atoms with Crippen LogP contribution in [0.25, 0.3) is 0 Å². The van der Waals surface area contributed by atoms with E-state index in [0.717, 1.165) is 0 Å². The molecule has 0 bridgehead atoms. The molecule has 1 unspecified atom stereocenters. The molecule has 0 aliphatic carbocycles. The summed E-state index contributed by atoms with van der Waals surface area (Å²) < 4.78 is 69.3. The first kappa shape index (κ1) is 15.7. The minimum atomic E-state index is -5.17. The van der Waals surface area contributed by atoms with Crippen LogP contribution in [0.1, 0.15) is 6.92 Å². The first-order chi connectivity index (χ1) is 5.10. The minimum absolute atomic E-state index is 0. The Hall–Kier alpha value is 0.217. The minimum Gasteiger partial charge on any atom is -0.725 e. The maximum Gasteiger partial charge on any atom is 1.00 e. The van der Waals surface area contributed by atoms with Crippen LogP contribution < -0.4 is 18.9 Å². The molecular formula is C3H4F3LiO5S. The molecule has 74 valence electrons. The topological polar surface area (TPSA) is 75.7 Å². The van der Waals surface area contributed by atoms with Crippen LogP contribution in [0, 0.1) is 0 Å². The van der Waals surface area contributed by atoms with E-state index in [4.69, 9.17) is 0 Å². The van der Waals surface area contributed by atoms with Gasteiger partial charge in [0.2, 0.25) is 10.4 Å². The molecule has 1 atom stereocenters. The van der Waals surface area contributed by atoms with Gasteiger partial charge in [-0.15, -0.1) is 13.2 Å². The first-order valence-corrected chi connectivity index (χ1v) is 3.82. The molecule has 0 N–H and O–H groups in total. The summed E-state index contributed by atoms with van der Waals surface area (Å²) in [5, 5.41) is 0. The van der Waals surface area contributed by atoms with Crippen LogP contribution in [0.4, 0.5) is 13.2 Å². The van der Waals surface area contributed by atoms with Gasteiger partial charge in [-0.3, -0.25) is 4.74 Å². The van der Waals surface area contributed by atoms with Crippen LogP contribution >= 0.6 is 0 Å². The van der Waals surface area contributed by atoms with E-state index in [0.29, 0.717) is 6.92 Å². The van der Waals surface area contributed by atoms with Crippen LogP contribution in [0.2, 0.25) is 0 Å². The summed E-state index contributed by atoms with van der Waals surface area (Å²) in [6, 6.07) is 0. The van der Waals surface area contributed by atoms with E-state index in [9.17, 15) is 26.1 Å². The summed E-state index contributed by atoms with van der Waals surface area (Å²) in [5.41, 5.74) is 0. The van der Waals surface area contributed by atoms with Crippen LogP contribution in [0.3, 0.4) is 0 Å². The van der Waals surface area contributed by atoms with Gasteiger partial charge < -0.3 is 4.55 Å². The third-order valence-corrected chi connectivity index (χ3v) is 1.06. The van der Waals surface area contributed by atoms with Crippen molar-refractivity contribution in [2.75, 3.05) is 0 Å². The zero-order valence-corrected chi connectivity index (χ0v) is 7.48. The normalized spacial score (nSPS) is 14.8. The first-order valence-electron chi connectivity index (χ1n) is 2.49. The van der Waals surface area contributed by atoms with Gasteiger partial charge in [0, 0.05) is 0 Å². The van der Waals surface area contributed by atoms with Crippen molar-refractivity contribution >= 4 is 10.4 Å². The molecule has 5 nitrogen and oxygen atoms in total. The van der Waals surface area contributed by atoms with Gasteiger partial charge >= 0.3 is 25.2 Å². The summed E-state index contributed by atoms with van der Waals surface area (Å²) >= 11 is 0. The average molecular weight is 216 g/mol. The molecule has 0 saturated carbocycles. The molecule has 13 heavy (non-hydrogen) atoms. The largest absolute Gasteiger partial charge is 1.00 e. The molecule has 0 aromatic rings.